The predicted molar refractivity (Wildman–Crippen MR) is 133 cm³/mol. The maximum atomic E-state index is 13.4. The van der Waals surface area contributed by atoms with E-state index < -0.39 is 35.6 Å². The number of nitrogens with one attached hydrogen (secondary N) is 1. The molecule has 0 spiro atoms. The molecule has 2 aromatic carbocycles. The van der Waals surface area contributed by atoms with Crippen LogP contribution in [-0.2, 0) is 23.8 Å². The summed E-state index contributed by atoms with van der Waals surface area (Å²) in [6.07, 6.45) is -7.48. The standard InChI is InChI=1S/C25H25F6N3O3S/c1-34(2)10-4-9-32-23-33-22(35)21(38-23)12-15-5-8-19(20(11-15)36-3)37-14-16-6-7-17(24(26,27)28)13-18(16)25(29,30)31/h5-8,11-13H,4,9-10,14H2,1-3H3,(H,32,33,35)/b21-12-. The van der Waals surface area contributed by atoms with Crippen LogP contribution in [0.5, 0.6) is 11.5 Å². The van der Waals surface area contributed by atoms with Gasteiger partial charge in [0.25, 0.3) is 5.91 Å². The molecule has 1 fully saturated rings. The van der Waals surface area contributed by atoms with Crippen molar-refractivity contribution in [2.24, 2.45) is 4.99 Å². The summed E-state index contributed by atoms with van der Waals surface area (Å²) in [4.78, 5) is 19.1. The number of thioether (sulfide) groups is 1. The van der Waals surface area contributed by atoms with E-state index in [1.807, 2.05) is 19.0 Å². The van der Waals surface area contributed by atoms with Gasteiger partial charge in [-0.15, -0.1) is 0 Å². The van der Waals surface area contributed by atoms with E-state index in [0.29, 0.717) is 28.2 Å². The van der Waals surface area contributed by atoms with Crippen molar-refractivity contribution in [2.75, 3.05) is 34.3 Å². The third-order valence-corrected chi connectivity index (χ3v) is 6.23. The second-order valence-corrected chi connectivity index (χ2v) is 9.51. The lowest BCUT2D eigenvalue weighted by molar-refractivity contribution is -0.143. The quantitative estimate of drug-likeness (QED) is 0.237. The van der Waals surface area contributed by atoms with Crippen LogP contribution in [0.15, 0.2) is 46.3 Å². The second-order valence-electron chi connectivity index (χ2n) is 8.47. The van der Waals surface area contributed by atoms with Crippen molar-refractivity contribution in [3.63, 3.8) is 0 Å². The number of alkyl halides is 6. The van der Waals surface area contributed by atoms with Gasteiger partial charge in [-0.2, -0.15) is 26.3 Å². The second kappa shape index (κ2) is 12.1. The van der Waals surface area contributed by atoms with Crippen molar-refractivity contribution in [3.8, 4) is 11.5 Å². The van der Waals surface area contributed by atoms with Crippen LogP contribution < -0.4 is 14.8 Å². The fourth-order valence-electron chi connectivity index (χ4n) is 3.41. The molecule has 13 heteroatoms. The molecule has 1 saturated heterocycles. The highest BCUT2D eigenvalue weighted by molar-refractivity contribution is 8.18. The molecule has 1 heterocycles. The van der Waals surface area contributed by atoms with Gasteiger partial charge in [-0.3, -0.25) is 9.79 Å². The van der Waals surface area contributed by atoms with Gasteiger partial charge in [-0.25, -0.2) is 0 Å². The molecule has 0 unspecified atom stereocenters. The molecule has 2 aromatic rings. The number of rotatable bonds is 9. The molecular formula is C25H25F6N3O3S. The maximum absolute atomic E-state index is 13.4. The minimum atomic E-state index is -5.01. The third kappa shape index (κ3) is 7.90. The first kappa shape index (κ1) is 29.4. The van der Waals surface area contributed by atoms with E-state index in [-0.39, 0.29) is 23.5 Å². The molecule has 0 saturated carbocycles. The molecule has 0 radical (unpaired) electrons. The molecule has 0 aliphatic carbocycles. The first-order valence-corrected chi connectivity index (χ1v) is 12.1. The highest BCUT2D eigenvalue weighted by atomic mass is 32.2. The normalized spacial score (nSPS) is 16.4. The smallest absolute Gasteiger partial charge is 0.416 e. The van der Waals surface area contributed by atoms with E-state index in [1.54, 1.807) is 12.1 Å². The summed E-state index contributed by atoms with van der Waals surface area (Å²) in [6, 6.07) is 5.92. The lowest BCUT2D eigenvalue weighted by Gasteiger charge is -2.17. The Labute approximate surface area is 219 Å². The van der Waals surface area contributed by atoms with Gasteiger partial charge < -0.3 is 19.7 Å². The number of methoxy groups -OCH3 is 1. The zero-order chi connectivity index (χ0) is 28.1. The highest BCUT2D eigenvalue weighted by Gasteiger charge is 2.38. The lowest BCUT2D eigenvalue weighted by Crippen LogP contribution is -2.20. The fraction of sp³-hybridized carbons (Fsp3) is 0.360. The minimum Gasteiger partial charge on any atom is -0.493 e. The van der Waals surface area contributed by atoms with Crippen molar-refractivity contribution >= 4 is 28.9 Å². The Bertz CT molecular complexity index is 1230. The van der Waals surface area contributed by atoms with Crippen molar-refractivity contribution < 1.29 is 40.6 Å². The van der Waals surface area contributed by atoms with Crippen LogP contribution in [0.2, 0.25) is 0 Å². The van der Waals surface area contributed by atoms with E-state index in [0.717, 1.165) is 19.0 Å². The van der Waals surface area contributed by atoms with E-state index in [1.165, 1.54) is 31.0 Å². The molecule has 1 amide bonds. The maximum Gasteiger partial charge on any atom is 0.416 e. The number of hydrogen-bond acceptors (Lipinski definition) is 6. The van der Waals surface area contributed by atoms with Crippen molar-refractivity contribution in [2.45, 2.75) is 25.4 Å². The van der Waals surface area contributed by atoms with Crippen LogP contribution >= 0.6 is 11.8 Å². The number of carbonyl (C=O) groups is 1. The molecule has 3 rings (SSSR count). The van der Waals surface area contributed by atoms with E-state index in [4.69, 9.17) is 9.47 Å². The Balaban J connectivity index is 1.74. The summed E-state index contributed by atoms with van der Waals surface area (Å²) >= 11 is 1.18. The Kier molecular flexibility index (Phi) is 9.36. The topological polar surface area (TPSA) is 63.2 Å². The number of amides is 1. The number of carbonyl (C=O) groups excluding carboxylic acids is 1. The minimum absolute atomic E-state index is 0.0648. The average molecular weight is 562 g/mol. The zero-order valence-corrected chi connectivity index (χ0v) is 21.5. The summed E-state index contributed by atoms with van der Waals surface area (Å²) < 4.78 is 89.7. The van der Waals surface area contributed by atoms with Gasteiger partial charge in [0.2, 0.25) is 0 Å². The summed E-state index contributed by atoms with van der Waals surface area (Å²) in [5, 5.41) is 3.19. The summed E-state index contributed by atoms with van der Waals surface area (Å²) in [5.74, 6) is -0.0715. The van der Waals surface area contributed by atoms with Crippen LogP contribution in [0.1, 0.15) is 28.7 Å². The molecule has 1 aliphatic rings. The van der Waals surface area contributed by atoms with Crippen LogP contribution in [-0.4, -0.2) is 50.3 Å². The summed E-state index contributed by atoms with van der Waals surface area (Å²) in [5.41, 5.74) is -2.74. The van der Waals surface area contributed by atoms with Gasteiger partial charge >= 0.3 is 12.4 Å². The monoisotopic (exact) mass is 561 g/mol. The van der Waals surface area contributed by atoms with Gasteiger partial charge in [0.05, 0.1) is 23.1 Å². The van der Waals surface area contributed by atoms with Crippen molar-refractivity contribution in [3.05, 3.63) is 63.6 Å². The highest BCUT2D eigenvalue weighted by Crippen LogP contribution is 2.38. The van der Waals surface area contributed by atoms with Crippen LogP contribution in [0.3, 0.4) is 0 Å². The number of ether oxygens (including phenoxy) is 2. The van der Waals surface area contributed by atoms with Gasteiger partial charge in [-0.1, -0.05) is 12.1 Å². The number of amidine groups is 1. The van der Waals surface area contributed by atoms with Crippen LogP contribution in [0.4, 0.5) is 26.3 Å². The Hall–Kier alpha value is -3.19. The van der Waals surface area contributed by atoms with E-state index in [2.05, 4.69) is 10.3 Å². The predicted octanol–water partition coefficient (Wildman–Crippen LogP) is 5.82. The summed E-state index contributed by atoms with van der Waals surface area (Å²) in [6.45, 7) is 0.779. The number of benzene rings is 2. The Morgan fingerprint density at radius 3 is 2.39 bits per heavy atom. The molecule has 206 valence electrons. The number of hydrogen-bond donors (Lipinski definition) is 1. The molecular weight excluding hydrogens is 536 g/mol. The number of halogens is 6. The number of nitrogens with zero attached hydrogens (tertiary/aromatic N) is 2. The first-order valence-electron chi connectivity index (χ1n) is 11.3. The molecule has 1 N–H and O–H groups in total. The van der Waals surface area contributed by atoms with E-state index >= 15 is 0 Å². The first-order chi connectivity index (χ1) is 17.8. The third-order valence-electron chi connectivity index (χ3n) is 5.28. The average Bonchev–Trinajstić information content (AvgIpc) is 3.18. The SMILES string of the molecule is COc1cc(/C=C2\SC(=NCCCN(C)C)NC2=O)ccc1OCc1ccc(C(F)(F)F)cc1C(F)(F)F. The molecule has 1 aliphatic heterocycles. The van der Waals surface area contributed by atoms with E-state index in [9.17, 15) is 31.1 Å². The summed E-state index contributed by atoms with van der Waals surface area (Å²) in [7, 11) is 5.24. The van der Waals surface area contributed by atoms with Crippen LogP contribution in [0, 0.1) is 0 Å². The molecule has 6 nitrogen and oxygen atoms in total. The van der Waals surface area contributed by atoms with Gasteiger partial charge in [0.15, 0.2) is 16.7 Å². The van der Waals surface area contributed by atoms with Crippen molar-refractivity contribution in [1.29, 1.82) is 0 Å². The van der Waals surface area contributed by atoms with Crippen molar-refractivity contribution in [1.82, 2.24) is 10.2 Å². The van der Waals surface area contributed by atoms with Gasteiger partial charge in [-0.05, 0) is 74.7 Å². The van der Waals surface area contributed by atoms with Crippen LogP contribution in [0.25, 0.3) is 6.08 Å². The number of aliphatic imine (C=N–C) groups is 1. The van der Waals surface area contributed by atoms with Gasteiger partial charge in [0.1, 0.15) is 6.61 Å². The molecule has 38 heavy (non-hydrogen) atoms. The fourth-order valence-corrected chi connectivity index (χ4v) is 4.26. The molecule has 0 bridgehead atoms. The molecule has 0 aromatic heterocycles. The lowest BCUT2D eigenvalue weighted by atomic mass is 10.0. The Morgan fingerprint density at radius 2 is 1.76 bits per heavy atom. The zero-order valence-electron chi connectivity index (χ0n) is 20.7. The van der Waals surface area contributed by atoms with Gasteiger partial charge in [0, 0.05) is 12.1 Å². The Morgan fingerprint density at radius 1 is 1.03 bits per heavy atom. The molecule has 0 atom stereocenters. The largest absolute Gasteiger partial charge is 0.493 e.